The van der Waals surface area contributed by atoms with Gasteiger partial charge in [0, 0.05) is 31.1 Å². The van der Waals surface area contributed by atoms with E-state index in [4.69, 9.17) is 10.1 Å². The SMILES string of the molecule is CN(Cc1cn2ccccc2n1)C(=O)c1cn(-c2ccccc2)nc1C12CC3CC(CC(C3)C1)C2. The van der Waals surface area contributed by atoms with Crippen LogP contribution < -0.4 is 0 Å². The highest BCUT2D eigenvalue weighted by molar-refractivity contribution is 5.95. The summed E-state index contributed by atoms with van der Waals surface area (Å²) in [4.78, 5) is 20.5. The number of fused-ring (bicyclic) bond motifs is 1. The van der Waals surface area contributed by atoms with E-state index in [0.717, 1.165) is 46.0 Å². The Kier molecular flexibility index (Phi) is 4.66. The zero-order valence-corrected chi connectivity index (χ0v) is 20.2. The summed E-state index contributed by atoms with van der Waals surface area (Å²) in [5.41, 5.74) is 4.63. The predicted molar refractivity (Wildman–Crippen MR) is 134 cm³/mol. The van der Waals surface area contributed by atoms with Crippen LogP contribution >= 0.6 is 0 Å². The molecular formula is C29H31N5O. The third-order valence-electron chi connectivity index (χ3n) is 8.67. The van der Waals surface area contributed by atoms with Crippen molar-refractivity contribution in [3.8, 4) is 5.69 Å². The van der Waals surface area contributed by atoms with E-state index in [9.17, 15) is 4.79 Å². The second kappa shape index (κ2) is 7.80. The van der Waals surface area contributed by atoms with Gasteiger partial charge in [0.15, 0.2) is 0 Å². The smallest absolute Gasteiger partial charge is 0.257 e. The lowest BCUT2D eigenvalue weighted by Gasteiger charge is -2.56. The second-order valence-electron chi connectivity index (χ2n) is 11.2. The van der Waals surface area contributed by atoms with Crippen LogP contribution in [0.2, 0.25) is 0 Å². The number of hydrogen-bond donors (Lipinski definition) is 0. The first kappa shape index (κ1) is 20.9. The van der Waals surface area contributed by atoms with Gasteiger partial charge in [0.05, 0.1) is 29.2 Å². The van der Waals surface area contributed by atoms with Crippen LogP contribution in [0.25, 0.3) is 11.3 Å². The summed E-state index contributed by atoms with van der Waals surface area (Å²) in [6.45, 7) is 0.470. The molecule has 4 bridgehead atoms. The molecule has 1 aromatic carbocycles. The van der Waals surface area contributed by atoms with Crippen LogP contribution in [0.3, 0.4) is 0 Å². The molecule has 3 heterocycles. The van der Waals surface area contributed by atoms with Gasteiger partial charge in [-0.3, -0.25) is 4.79 Å². The number of pyridine rings is 1. The number of rotatable bonds is 5. The molecule has 4 aromatic rings. The number of amides is 1. The third-order valence-corrected chi connectivity index (χ3v) is 8.67. The van der Waals surface area contributed by atoms with Crippen molar-refractivity contribution in [2.45, 2.75) is 50.5 Å². The molecule has 0 unspecified atom stereocenters. The summed E-state index contributed by atoms with van der Waals surface area (Å²) in [6.07, 6.45) is 13.6. The van der Waals surface area contributed by atoms with Gasteiger partial charge in [0.2, 0.25) is 0 Å². The Labute approximate surface area is 205 Å². The largest absolute Gasteiger partial charge is 0.336 e. The maximum Gasteiger partial charge on any atom is 0.257 e. The molecule has 3 aromatic heterocycles. The van der Waals surface area contributed by atoms with Crippen LogP contribution in [-0.4, -0.2) is 37.0 Å². The average Bonchev–Trinajstić information content (AvgIpc) is 3.48. The first-order valence-electron chi connectivity index (χ1n) is 12.9. The Morgan fingerprint density at radius 2 is 1.66 bits per heavy atom. The number of carbonyl (C=O) groups is 1. The zero-order valence-electron chi connectivity index (χ0n) is 20.2. The van der Waals surface area contributed by atoms with Crippen LogP contribution in [-0.2, 0) is 12.0 Å². The van der Waals surface area contributed by atoms with Gasteiger partial charge < -0.3 is 9.30 Å². The highest BCUT2D eigenvalue weighted by atomic mass is 16.2. The number of nitrogens with zero attached hydrogens (tertiary/aromatic N) is 5. The molecule has 6 nitrogen and oxygen atoms in total. The van der Waals surface area contributed by atoms with Gasteiger partial charge in [-0.15, -0.1) is 0 Å². The third kappa shape index (κ3) is 3.49. The van der Waals surface area contributed by atoms with Gasteiger partial charge in [-0.1, -0.05) is 24.3 Å². The Morgan fingerprint density at radius 3 is 2.34 bits per heavy atom. The van der Waals surface area contributed by atoms with E-state index >= 15 is 0 Å². The summed E-state index contributed by atoms with van der Waals surface area (Å²) >= 11 is 0. The molecule has 178 valence electrons. The lowest BCUT2D eigenvalue weighted by Crippen LogP contribution is -2.49. The van der Waals surface area contributed by atoms with Crippen molar-refractivity contribution < 1.29 is 4.79 Å². The molecule has 0 radical (unpaired) electrons. The van der Waals surface area contributed by atoms with Gasteiger partial charge in [-0.25, -0.2) is 9.67 Å². The molecule has 8 rings (SSSR count). The zero-order chi connectivity index (χ0) is 23.6. The van der Waals surface area contributed by atoms with Crippen molar-refractivity contribution >= 4 is 11.6 Å². The van der Waals surface area contributed by atoms with E-state index in [1.807, 2.05) is 71.1 Å². The van der Waals surface area contributed by atoms with E-state index in [1.165, 1.54) is 38.5 Å². The fourth-order valence-electron chi connectivity index (χ4n) is 7.62. The minimum Gasteiger partial charge on any atom is -0.336 e. The fraction of sp³-hybridized carbons (Fsp3) is 0.414. The highest BCUT2D eigenvalue weighted by Gasteiger charge is 2.54. The maximum absolute atomic E-state index is 14.0. The normalized spacial score (nSPS) is 26.9. The number of para-hydroxylation sites is 1. The lowest BCUT2D eigenvalue weighted by atomic mass is 9.48. The monoisotopic (exact) mass is 465 g/mol. The molecule has 0 spiro atoms. The highest BCUT2D eigenvalue weighted by Crippen LogP contribution is 2.61. The van der Waals surface area contributed by atoms with E-state index < -0.39 is 0 Å². The summed E-state index contributed by atoms with van der Waals surface area (Å²) < 4.78 is 3.93. The summed E-state index contributed by atoms with van der Waals surface area (Å²) in [5, 5.41) is 5.17. The van der Waals surface area contributed by atoms with Crippen LogP contribution in [0.15, 0.2) is 67.1 Å². The molecule has 4 aliphatic carbocycles. The number of hydrogen-bond acceptors (Lipinski definition) is 3. The Balaban J connectivity index is 1.26. The number of carbonyl (C=O) groups excluding carboxylic acids is 1. The Morgan fingerprint density at radius 1 is 0.971 bits per heavy atom. The summed E-state index contributed by atoms with van der Waals surface area (Å²) in [6, 6.07) is 16.1. The van der Waals surface area contributed by atoms with Crippen molar-refractivity contribution in [1.82, 2.24) is 24.1 Å². The molecule has 4 aliphatic rings. The van der Waals surface area contributed by atoms with Gasteiger partial charge in [-0.05, 0) is 80.5 Å². The Bertz CT molecular complexity index is 1330. The van der Waals surface area contributed by atoms with Crippen molar-refractivity contribution in [2.24, 2.45) is 17.8 Å². The van der Waals surface area contributed by atoms with Crippen molar-refractivity contribution in [1.29, 1.82) is 0 Å². The van der Waals surface area contributed by atoms with Gasteiger partial charge in [-0.2, -0.15) is 5.10 Å². The molecule has 0 saturated heterocycles. The van der Waals surface area contributed by atoms with Gasteiger partial charge >= 0.3 is 0 Å². The van der Waals surface area contributed by atoms with E-state index in [-0.39, 0.29) is 11.3 Å². The first-order valence-corrected chi connectivity index (χ1v) is 12.9. The van der Waals surface area contributed by atoms with Crippen LogP contribution in [0.5, 0.6) is 0 Å². The van der Waals surface area contributed by atoms with Crippen molar-refractivity contribution in [3.63, 3.8) is 0 Å². The quantitative estimate of drug-likeness (QED) is 0.404. The predicted octanol–water partition coefficient (Wildman–Crippen LogP) is 5.26. The molecule has 4 saturated carbocycles. The van der Waals surface area contributed by atoms with Crippen molar-refractivity contribution in [3.05, 3.63) is 84.1 Å². The van der Waals surface area contributed by atoms with E-state index in [2.05, 4.69) is 12.1 Å². The van der Waals surface area contributed by atoms with Crippen LogP contribution in [0, 0.1) is 17.8 Å². The number of aromatic nitrogens is 4. The lowest BCUT2D eigenvalue weighted by molar-refractivity contribution is -0.00783. The standard InChI is InChI=1S/C29H31N5O/c1-32(17-23-18-33-10-6-5-9-26(33)30-23)28(35)25-19-34(24-7-3-2-4-8-24)31-27(25)29-14-20-11-21(15-29)13-22(12-20)16-29/h2-10,18-22H,11-17H2,1H3. The Hall–Kier alpha value is -3.41. The van der Waals surface area contributed by atoms with Gasteiger partial charge in [0.25, 0.3) is 5.91 Å². The van der Waals surface area contributed by atoms with E-state index in [1.54, 1.807) is 4.90 Å². The summed E-state index contributed by atoms with van der Waals surface area (Å²) in [5.74, 6) is 2.42. The number of imidazole rings is 1. The van der Waals surface area contributed by atoms with Gasteiger partial charge in [0.1, 0.15) is 5.65 Å². The molecule has 6 heteroatoms. The van der Waals surface area contributed by atoms with Crippen molar-refractivity contribution in [2.75, 3.05) is 7.05 Å². The first-order chi connectivity index (χ1) is 17.1. The molecule has 4 fully saturated rings. The second-order valence-corrected chi connectivity index (χ2v) is 11.2. The molecular weight excluding hydrogens is 434 g/mol. The minimum atomic E-state index is 0.0370. The topological polar surface area (TPSA) is 55.4 Å². The average molecular weight is 466 g/mol. The van der Waals surface area contributed by atoms with E-state index in [0.29, 0.717) is 6.54 Å². The minimum absolute atomic E-state index is 0.0370. The molecule has 35 heavy (non-hydrogen) atoms. The molecule has 0 aliphatic heterocycles. The molecule has 0 N–H and O–H groups in total. The fourth-order valence-corrected chi connectivity index (χ4v) is 7.62. The summed E-state index contributed by atoms with van der Waals surface area (Å²) in [7, 11) is 1.88. The van der Waals surface area contributed by atoms with Crippen LogP contribution in [0.1, 0.15) is 60.3 Å². The maximum atomic E-state index is 14.0. The molecule has 0 atom stereocenters. The van der Waals surface area contributed by atoms with Crippen LogP contribution in [0.4, 0.5) is 0 Å². The molecule has 1 amide bonds. The number of benzene rings is 1.